The van der Waals surface area contributed by atoms with Gasteiger partial charge in [-0.2, -0.15) is 0 Å². The van der Waals surface area contributed by atoms with Crippen molar-refractivity contribution in [2.45, 2.75) is 226 Å². The molecule has 1 unspecified atom stereocenters. The van der Waals surface area contributed by atoms with Gasteiger partial charge in [-0.3, -0.25) is 14.4 Å². The highest BCUT2D eigenvalue weighted by Crippen LogP contribution is 2.14. The molecule has 0 aliphatic rings. The molecule has 1 atom stereocenters. The van der Waals surface area contributed by atoms with Crippen LogP contribution in [0.15, 0.2) is 109 Å². The first kappa shape index (κ1) is 60.1. The minimum absolute atomic E-state index is 0.0978. The van der Waals surface area contributed by atoms with Gasteiger partial charge in [-0.25, -0.2) is 0 Å². The summed E-state index contributed by atoms with van der Waals surface area (Å²) >= 11 is 0. The van der Waals surface area contributed by atoms with Crippen molar-refractivity contribution in [2.24, 2.45) is 0 Å². The molecule has 64 heavy (non-hydrogen) atoms. The first-order chi connectivity index (χ1) is 31.5. The molecule has 0 aliphatic heterocycles. The molecular weight excluding hydrogens is 793 g/mol. The van der Waals surface area contributed by atoms with Gasteiger partial charge in [0, 0.05) is 19.3 Å². The number of esters is 3. The predicted octanol–water partition coefficient (Wildman–Crippen LogP) is 17.1. The van der Waals surface area contributed by atoms with Crippen molar-refractivity contribution in [2.75, 3.05) is 13.2 Å². The van der Waals surface area contributed by atoms with Crippen LogP contribution in [0.1, 0.15) is 220 Å². The first-order valence-corrected chi connectivity index (χ1v) is 25.9. The fourth-order valence-corrected chi connectivity index (χ4v) is 6.76. The summed E-state index contributed by atoms with van der Waals surface area (Å²) in [5.41, 5.74) is 0. The van der Waals surface area contributed by atoms with Crippen LogP contribution in [0.2, 0.25) is 0 Å². The Hall–Kier alpha value is -3.93. The molecule has 0 amide bonds. The molecule has 0 aromatic heterocycles. The summed E-state index contributed by atoms with van der Waals surface area (Å²) in [7, 11) is 0. The predicted molar refractivity (Wildman–Crippen MR) is 274 cm³/mol. The van der Waals surface area contributed by atoms with Crippen molar-refractivity contribution in [3.63, 3.8) is 0 Å². The Labute approximate surface area is 393 Å². The van der Waals surface area contributed by atoms with Crippen molar-refractivity contribution >= 4 is 17.9 Å². The average molecular weight is 887 g/mol. The van der Waals surface area contributed by atoms with E-state index in [9.17, 15) is 14.4 Å². The standard InChI is InChI=1S/C58H94O6/c1-4-7-10-13-16-19-22-25-27-28-29-30-31-34-36-39-42-45-48-51-57(60)63-54-55(53-62-56(59)50-47-44-41-38-35-32-24-21-18-15-12-9-6-3)64-58(61)52-49-46-43-40-37-33-26-23-20-17-14-11-8-5-2/h7-12,15-21,24-25,27,29-30,55H,4-6,13-14,22-23,26,28,31-54H2,1-3H3/b10-7-,11-8-,12-9-,18-15-,19-16-,20-17-,24-21-,27-25-,30-29-. The fourth-order valence-electron chi connectivity index (χ4n) is 6.76. The SMILES string of the molecule is CC\C=C/C=C\C=C/CCCCCCCC(=O)OCC(COC(=O)CCCCCCCC/C=C\C/C=C\C/C=C\C/C=C\CC)OC(=O)CCCCCCCCC/C=C\C/C=C\CC. The molecule has 0 saturated heterocycles. The van der Waals surface area contributed by atoms with Crippen LogP contribution in [-0.2, 0) is 28.6 Å². The Morgan fingerprint density at radius 1 is 0.328 bits per heavy atom. The molecule has 6 nitrogen and oxygen atoms in total. The molecule has 362 valence electrons. The topological polar surface area (TPSA) is 78.9 Å². The third-order valence-corrected chi connectivity index (χ3v) is 10.6. The van der Waals surface area contributed by atoms with E-state index in [1.54, 1.807) is 0 Å². The maximum absolute atomic E-state index is 12.8. The summed E-state index contributed by atoms with van der Waals surface area (Å²) in [5, 5.41) is 0. The summed E-state index contributed by atoms with van der Waals surface area (Å²) in [4.78, 5) is 38.0. The maximum Gasteiger partial charge on any atom is 0.306 e. The van der Waals surface area contributed by atoms with Gasteiger partial charge in [-0.1, -0.05) is 207 Å². The number of ether oxygens (including phenoxy) is 3. The van der Waals surface area contributed by atoms with Gasteiger partial charge < -0.3 is 14.2 Å². The molecule has 0 N–H and O–H groups in total. The van der Waals surface area contributed by atoms with Crippen LogP contribution >= 0.6 is 0 Å². The van der Waals surface area contributed by atoms with Gasteiger partial charge in [0.1, 0.15) is 13.2 Å². The van der Waals surface area contributed by atoms with E-state index in [0.717, 1.165) is 141 Å². The minimum atomic E-state index is -0.798. The number of allylic oxidation sites excluding steroid dienone is 18. The van der Waals surface area contributed by atoms with Crippen molar-refractivity contribution in [1.82, 2.24) is 0 Å². The smallest absolute Gasteiger partial charge is 0.306 e. The molecule has 0 rings (SSSR count). The normalized spacial score (nSPS) is 13.0. The Bertz CT molecular complexity index is 1340. The summed E-state index contributed by atoms with van der Waals surface area (Å²) in [6.07, 6.45) is 69.3. The lowest BCUT2D eigenvalue weighted by atomic mass is 10.1. The maximum atomic E-state index is 12.8. The van der Waals surface area contributed by atoms with E-state index in [4.69, 9.17) is 14.2 Å². The van der Waals surface area contributed by atoms with Crippen molar-refractivity contribution in [3.8, 4) is 0 Å². The van der Waals surface area contributed by atoms with E-state index in [1.807, 2.05) is 0 Å². The van der Waals surface area contributed by atoms with Gasteiger partial charge >= 0.3 is 17.9 Å². The lowest BCUT2D eigenvalue weighted by Crippen LogP contribution is -2.30. The number of unbranched alkanes of at least 4 members (excludes halogenated alkanes) is 18. The van der Waals surface area contributed by atoms with Gasteiger partial charge in [-0.15, -0.1) is 0 Å². The molecule has 0 aromatic rings. The number of carbonyl (C=O) groups is 3. The Balaban J connectivity index is 4.44. The molecular formula is C58H94O6. The van der Waals surface area contributed by atoms with E-state index >= 15 is 0 Å². The van der Waals surface area contributed by atoms with E-state index in [-0.39, 0.29) is 31.1 Å². The van der Waals surface area contributed by atoms with Gasteiger partial charge in [0.05, 0.1) is 0 Å². The highest BCUT2D eigenvalue weighted by Gasteiger charge is 2.19. The summed E-state index contributed by atoms with van der Waals surface area (Å²) in [5.74, 6) is -0.945. The molecule has 0 bridgehead atoms. The second kappa shape index (κ2) is 51.7. The first-order valence-electron chi connectivity index (χ1n) is 25.9. The summed E-state index contributed by atoms with van der Waals surface area (Å²) < 4.78 is 16.8. The highest BCUT2D eigenvalue weighted by molar-refractivity contribution is 5.71. The van der Waals surface area contributed by atoms with Gasteiger partial charge in [-0.05, 0) is 103 Å². The third kappa shape index (κ3) is 49.1. The zero-order chi connectivity index (χ0) is 46.5. The van der Waals surface area contributed by atoms with Gasteiger partial charge in [0.15, 0.2) is 6.10 Å². The van der Waals surface area contributed by atoms with E-state index in [0.29, 0.717) is 19.3 Å². The fraction of sp³-hybridized carbons (Fsp3) is 0.638. The molecule has 0 aliphatic carbocycles. The van der Waals surface area contributed by atoms with Crippen LogP contribution in [-0.4, -0.2) is 37.2 Å². The Morgan fingerprint density at radius 2 is 0.641 bits per heavy atom. The van der Waals surface area contributed by atoms with Crippen LogP contribution in [0.5, 0.6) is 0 Å². The summed E-state index contributed by atoms with van der Waals surface area (Å²) in [6.45, 7) is 6.24. The van der Waals surface area contributed by atoms with Gasteiger partial charge in [0.25, 0.3) is 0 Å². The van der Waals surface area contributed by atoms with Crippen LogP contribution in [0.25, 0.3) is 0 Å². The van der Waals surface area contributed by atoms with Crippen LogP contribution in [0, 0.1) is 0 Å². The number of carbonyl (C=O) groups excluding carboxylic acids is 3. The molecule has 0 aromatic carbocycles. The van der Waals surface area contributed by atoms with Crippen LogP contribution in [0.3, 0.4) is 0 Å². The molecule has 0 fully saturated rings. The van der Waals surface area contributed by atoms with E-state index in [1.165, 1.54) is 38.5 Å². The van der Waals surface area contributed by atoms with E-state index < -0.39 is 6.10 Å². The van der Waals surface area contributed by atoms with E-state index in [2.05, 4.69) is 130 Å². The van der Waals surface area contributed by atoms with Crippen molar-refractivity contribution in [3.05, 3.63) is 109 Å². The molecule has 0 heterocycles. The second-order valence-corrected chi connectivity index (χ2v) is 16.7. The third-order valence-electron chi connectivity index (χ3n) is 10.6. The average Bonchev–Trinajstić information content (AvgIpc) is 3.29. The minimum Gasteiger partial charge on any atom is -0.462 e. The Kier molecular flexibility index (Phi) is 48.5. The van der Waals surface area contributed by atoms with Crippen molar-refractivity contribution < 1.29 is 28.6 Å². The molecule has 6 heteroatoms. The monoisotopic (exact) mass is 887 g/mol. The van der Waals surface area contributed by atoms with Crippen LogP contribution < -0.4 is 0 Å². The largest absolute Gasteiger partial charge is 0.462 e. The zero-order valence-electron chi connectivity index (χ0n) is 41.3. The van der Waals surface area contributed by atoms with Crippen LogP contribution in [0.4, 0.5) is 0 Å². The summed E-state index contributed by atoms with van der Waals surface area (Å²) in [6, 6.07) is 0. The number of hydrogen-bond acceptors (Lipinski definition) is 6. The zero-order valence-corrected chi connectivity index (χ0v) is 41.3. The molecule has 0 spiro atoms. The molecule has 0 saturated carbocycles. The Morgan fingerprint density at radius 3 is 1.05 bits per heavy atom. The molecule has 0 radical (unpaired) electrons. The lowest BCUT2D eigenvalue weighted by molar-refractivity contribution is -0.167. The quantitative estimate of drug-likeness (QED) is 0.0199. The number of rotatable bonds is 45. The lowest BCUT2D eigenvalue weighted by Gasteiger charge is -2.18. The highest BCUT2D eigenvalue weighted by atomic mass is 16.6. The van der Waals surface area contributed by atoms with Gasteiger partial charge in [0.2, 0.25) is 0 Å². The second-order valence-electron chi connectivity index (χ2n) is 16.7. The number of hydrogen-bond donors (Lipinski definition) is 0. The van der Waals surface area contributed by atoms with Crippen molar-refractivity contribution in [1.29, 1.82) is 0 Å².